The van der Waals surface area contributed by atoms with Crippen molar-refractivity contribution in [1.29, 1.82) is 0 Å². The van der Waals surface area contributed by atoms with Gasteiger partial charge in [0.05, 0.1) is 6.10 Å². The molecule has 0 heterocycles. The molecule has 3 atom stereocenters. The minimum absolute atomic E-state index is 0.176. The summed E-state index contributed by atoms with van der Waals surface area (Å²) in [7, 11) is 0. The Morgan fingerprint density at radius 2 is 1.75 bits per heavy atom. The van der Waals surface area contributed by atoms with Crippen LogP contribution in [0.5, 0.6) is 0 Å². The summed E-state index contributed by atoms with van der Waals surface area (Å²) in [6.45, 7) is 2.90. The third-order valence-corrected chi connectivity index (χ3v) is 5.22. The van der Waals surface area contributed by atoms with Crippen LogP contribution in [0.4, 0.5) is 0 Å². The summed E-state index contributed by atoms with van der Waals surface area (Å²) in [5.41, 5.74) is 3.11. The van der Waals surface area contributed by atoms with Crippen LogP contribution in [0.25, 0.3) is 0 Å². The zero-order valence-corrected chi connectivity index (χ0v) is 12.5. The van der Waals surface area contributed by atoms with Crippen molar-refractivity contribution in [1.82, 2.24) is 5.32 Å². The molecular weight excluding hydrogens is 246 g/mol. The second-order valence-corrected chi connectivity index (χ2v) is 6.65. The van der Waals surface area contributed by atoms with Crippen molar-refractivity contribution >= 4 is 0 Å². The molecule has 1 aromatic rings. The summed E-state index contributed by atoms with van der Waals surface area (Å²) in [6, 6.07) is 9.56. The minimum atomic E-state index is -0.176. The Bertz CT molecular complexity index is 412. The normalized spacial score (nSPS) is 29.8. The van der Waals surface area contributed by atoms with Crippen LogP contribution in [0.2, 0.25) is 0 Å². The summed E-state index contributed by atoms with van der Waals surface area (Å²) >= 11 is 0. The van der Waals surface area contributed by atoms with Crippen LogP contribution in [0, 0.1) is 11.8 Å². The Balaban J connectivity index is 1.66. The Labute approximate surface area is 122 Å². The van der Waals surface area contributed by atoms with Crippen LogP contribution >= 0.6 is 0 Å². The lowest BCUT2D eigenvalue weighted by Crippen LogP contribution is -2.42. The highest BCUT2D eigenvalue weighted by Gasteiger charge is 2.38. The molecule has 2 N–H and O–H groups in total. The smallest absolute Gasteiger partial charge is 0.0664 e. The Kier molecular flexibility index (Phi) is 4.42. The molecule has 110 valence electrons. The Hall–Kier alpha value is -0.860. The van der Waals surface area contributed by atoms with E-state index in [4.69, 9.17) is 0 Å². The van der Waals surface area contributed by atoms with E-state index < -0.39 is 0 Å². The molecule has 0 spiro atoms. The summed E-state index contributed by atoms with van der Waals surface area (Å²) in [4.78, 5) is 0. The van der Waals surface area contributed by atoms with E-state index in [2.05, 4.69) is 36.5 Å². The van der Waals surface area contributed by atoms with Gasteiger partial charge in [-0.2, -0.15) is 0 Å². The van der Waals surface area contributed by atoms with E-state index in [1.165, 1.54) is 25.7 Å². The SMILES string of the molecule is CCCC(O)CNC1C2CCC1Cc1ccccc1C2. The van der Waals surface area contributed by atoms with Crippen LogP contribution in [-0.4, -0.2) is 23.8 Å². The van der Waals surface area contributed by atoms with Gasteiger partial charge in [-0.15, -0.1) is 0 Å². The van der Waals surface area contributed by atoms with Crippen molar-refractivity contribution < 1.29 is 5.11 Å². The summed E-state index contributed by atoms with van der Waals surface area (Å²) < 4.78 is 0. The van der Waals surface area contributed by atoms with Crippen molar-refractivity contribution in [2.75, 3.05) is 6.54 Å². The second kappa shape index (κ2) is 6.28. The topological polar surface area (TPSA) is 32.3 Å². The molecule has 0 aliphatic heterocycles. The summed E-state index contributed by atoms with van der Waals surface area (Å²) in [5.74, 6) is 1.52. The quantitative estimate of drug-likeness (QED) is 0.864. The van der Waals surface area contributed by atoms with Gasteiger partial charge in [-0.3, -0.25) is 0 Å². The Morgan fingerprint density at radius 1 is 1.15 bits per heavy atom. The molecule has 1 aromatic carbocycles. The molecule has 3 rings (SSSR count). The molecule has 2 aliphatic carbocycles. The predicted octanol–water partition coefficient (Wildman–Crippen LogP) is 2.93. The van der Waals surface area contributed by atoms with Gasteiger partial charge >= 0.3 is 0 Å². The molecule has 0 radical (unpaired) electrons. The van der Waals surface area contributed by atoms with Gasteiger partial charge < -0.3 is 10.4 Å². The van der Waals surface area contributed by atoms with Crippen LogP contribution in [0.15, 0.2) is 24.3 Å². The average molecular weight is 273 g/mol. The number of aliphatic hydroxyl groups is 1. The molecule has 0 aromatic heterocycles. The monoisotopic (exact) mass is 273 g/mol. The Morgan fingerprint density at radius 3 is 2.30 bits per heavy atom. The fraction of sp³-hybridized carbons (Fsp3) is 0.667. The van der Waals surface area contributed by atoms with Crippen LogP contribution in [0.1, 0.15) is 43.7 Å². The lowest BCUT2D eigenvalue weighted by Gasteiger charge is -2.25. The third-order valence-electron chi connectivity index (χ3n) is 5.22. The standard InChI is InChI=1S/C18H27NO/c1-2-5-17(20)12-19-18-15-8-9-16(18)11-14-7-4-3-6-13(14)10-15/h3-4,6-7,15-20H,2,5,8-12H2,1H3. The third kappa shape index (κ3) is 2.91. The molecule has 3 unspecified atom stereocenters. The summed E-state index contributed by atoms with van der Waals surface area (Å²) in [6.07, 6.45) is 6.93. The van der Waals surface area contributed by atoms with E-state index in [9.17, 15) is 5.11 Å². The first-order chi connectivity index (χ1) is 9.78. The van der Waals surface area contributed by atoms with Gasteiger partial charge in [0, 0.05) is 12.6 Å². The lowest BCUT2D eigenvalue weighted by atomic mass is 9.94. The van der Waals surface area contributed by atoms with Gasteiger partial charge in [-0.1, -0.05) is 37.6 Å². The molecular formula is C18H27NO. The molecule has 2 nitrogen and oxygen atoms in total. The number of nitrogens with one attached hydrogen (secondary N) is 1. The number of benzene rings is 1. The molecule has 1 saturated carbocycles. The summed E-state index contributed by atoms with van der Waals surface area (Å²) in [5, 5.41) is 13.6. The highest BCUT2D eigenvalue weighted by molar-refractivity contribution is 5.30. The maximum Gasteiger partial charge on any atom is 0.0664 e. The van der Waals surface area contributed by atoms with Gasteiger partial charge in [-0.25, -0.2) is 0 Å². The number of aliphatic hydroxyl groups excluding tert-OH is 1. The van der Waals surface area contributed by atoms with Crippen molar-refractivity contribution in [2.24, 2.45) is 11.8 Å². The second-order valence-electron chi connectivity index (χ2n) is 6.65. The largest absolute Gasteiger partial charge is 0.392 e. The van der Waals surface area contributed by atoms with E-state index in [1.807, 2.05) is 0 Å². The van der Waals surface area contributed by atoms with Crippen molar-refractivity contribution in [3.63, 3.8) is 0 Å². The maximum atomic E-state index is 9.95. The number of fused-ring (bicyclic) bond motifs is 3. The highest BCUT2D eigenvalue weighted by Crippen LogP contribution is 2.39. The zero-order chi connectivity index (χ0) is 13.9. The van der Waals surface area contributed by atoms with E-state index in [1.54, 1.807) is 11.1 Å². The van der Waals surface area contributed by atoms with Gasteiger partial charge in [-0.05, 0) is 55.1 Å². The zero-order valence-electron chi connectivity index (χ0n) is 12.5. The average Bonchev–Trinajstić information content (AvgIpc) is 2.71. The van der Waals surface area contributed by atoms with Crippen LogP contribution < -0.4 is 5.32 Å². The molecule has 2 heteroatoms. The first-order valence-corrected chi connectivity index (χ1v) is 8.26. The molecule has 2 bridgehead atoms. The predicted molar refractivity (Wildman–Crippen MR) is 82.8 cm³/mol. The van der Waals surface area contributed by atoms with Crippen molar-refractivity contribution in [3.8, 4) is 0 Å². The van der Waals surface area contributed by atoms with Crippen LogP contribution in [0.3, 0.4) is 0 Å². The van der Waals surface area contributed by atoms with E-state index >= 15 is 0 Å². The molecule has 0 saturated heterocycles. The fourth-order valence-electron chi connectivity index (χ4n) is 4.19. The molecule has 2 aliphatic rings. The minimum Gasteiger partial charge on any atom is -0.392 e. The van der Waals surface area contributed by atoms with E-state index in [0.717, 1.165) is 31.2 Å². The van der Waals surface area contributed by atoms with E-state index in [-0.39, 0.29) is 6.10 Å². The van der Waals surface area contributed by atoms with Crippen molar-refractivity contribution in [2.45, 2.75) is 57.6 Å². The first kappa shape index (κ1) is 14.1. The van der Waals surface area contributed by atoms with Crippen LogP contribution in [-0.2, 0) is 12.8 Å². The van der Waals surface area contributed by atoms with Gasteiger partial charge in [0.1, 0.15) is 0 Å². The van der Waals surface area contributed by atoms with Gasteiger partial charge in [0.25, 0.3) is 0 Å². The number of hydrogen-bond donors (Lipinski definition) is 2. The molecule has 1 fully saturated rings. The fourth-order valence-corrected chi connectivity index (χ4v) is 4.19. The first-order valence-electron chi connectivity index (χ1n) is 8.26. The highest BCUT2D eigenvalue weighted by atomic mass is 16.3. The maximum absolute atomic E-state index is 9.95. The van der Waals surface area contributed by atoms with E-state index in [0.29, 0.717) is 6.04 Å². The van der Waals surface area contributed by atoms with Crippen molar-refractivity contribution in [3.05, 3.63) is 35.4 Å². The lowest BCUT2D eigenvalue weighted by molar-refractivity contribution is 0.149. The van der Waals surface area contributed by atoms with Gasteiger partial charge in [0.15, 0.2) is 0 Å². The number of hydrogen-bond acceptors (Lipinski definition) is 2. The number of rotatable bonds is 5. The molecule has 0 amide bonds. The van der Waals surface area contributed by atoms with Gasteiger partial charge in [0.2, 0.25) is 0 Å². The molecule has 20 heavy (non-hydrogen) atoms.